The smallest absolute Gasteiger partial charge is 0.243 e. The number of thiazole rings is 1. The lowest BCUT2D eigenvalue weighted by Gasteiger charge is -2.34. The van der Waals surface area contributed by atoms with Crippen molar-refractivity contribution in [1.82, 2.24) is 14.2 Å². The molecule has 0 radical (unpaired) electrons. The van der Waals surface area contributed by atoms with Gasteiger partial charge in [0.05, 0.1) is 24.2 Å². The molecule has 32 heavy (non-hydrogen) atoms. The third-order valence-corrected chi connectivity index (χ3v) is 8.85. The summed E-state index contributed by atoms with van der Waals surface area (Å²) in [6.07, 6.45) is 0. The van der Waals surface area contributed by atoms with Gasteiger partial charge in [-0.15, -0.1) is 11.3 Å². The van der Waals surface area contributed by atoms with Crippen molar-refractivity contribution in [2.75, 3.05) is 33.3 Å². The summed E-state index contributed by atoms with van der Waals surface area (Å²) in [5.74, 6) is 0.813. The second-order valence-corrected chi connectivity index (χ2v) is 11.1. The Morgan fingerprint density at radius 3 is 2.38 bits per heavy atom. The Bertz CT molecular complexity index is 1190. The lowest BCUT2D eigenvalue weighted by Crippen LogP contribution is -2.48. The summed E-state index contributed by atoms with van der Waals surface area (Å²) in [5, 5.41) is 3.10. The lowest BCUT2D eigenvalue weighted by atomic mass is 10.1. The zero-order chi connectivity index (χ0) is 22.9. The zero-order valence-corrected chi connectivity index (χ0v) is 20.6. The molecule has 6 nitrogen and oxygen atoms in total. The Hall–Kier alpha value is -2.26. The molecule has 4 rings (SSSR count). The van der Waals surface area contributed by atoms with E-state index < -0.39 is 10.0 Å². The molecule has 1 aliphatic rings. The summed E-state index contributed by atoms with van der Waals surface area (Å²) < 4.78 is 33.5. The van der Waals surface area contributed by atoms with Crippen molar-refractivity contribution in [1.29, 1.82) is 0 Å². The molecule has 1 saturated heterocycles. The number of aryl methyl sites for hydroxylation is 3. The lowest BCUT2D eigenvalue weighted by molar-refractivity contribution is 0.181. The van der Waals surface area contributed by atoms with E-state index in [1.165, 1.54) is 0 Å². The summed E-state index contributed by atoms with van der Waals surface area (Å²) in [6, 6.07) is 11.8. The molecule has 0 aliphatic carbocycles. The van der Waals surface area contributed by atoms with Gasteiger partial charge >= 0.3 is 0 Å². The minimum atomic E-state index is -3.49. The van der Waals surface area contributed by atoms with Crippen LogP contribution >= 0.6 is 11.3 Å². The molecule has 2 heterocycles. The number of hydrogen-bond donors (Lipinski definition) is 0. The first kappa shape index (κ1) is 22.9. The number of rotatable bonds is 6. The minimum absolute atomic E-state index is 0.458. The van der Waals surface area contributed by atoms with Gasteiger partial charge in [-0.2, -0.15) is 4.31 Å². The van der Waals surface area contributed by atoms with Crippen molar-refractivity contribution in [2.24, 2.45) is 0 Å². The quantitative estimate of drug-likeness (QED) is 0.538. The number of benzene rings is 2. The van der Waals surface area contributed by atoms with Crippen molar-refractivity contribution in [2.45, 2.75) is 32.2 Å². The van der Waals surface area contributed by atoms with Crippen LogP contribution in [-0.4, -0.2) is 55.9 Å². The van der Waals surface area contributed by atoms with Gasteiger partial charge in [0.2, 0.25) is 10.0 Å². The normalized spacial score (nSPS) is 15.8. The standard InChI is InChI=1S/C24H29N3O3S2/c1-17-12-18(2)24(19(3)13-17)32(28,29)27-10-8-26(9-11-27)15-23-25-22(16-31-23)20-6-5-7-21(14-20)30-4/h5-7,12-14,16H,8-11,15H2,1-4H3. The Morgan fingerprint density at radius 1 is 1.03 bits per heavy atom. The molecule has 2 aromatic carbocycles. The molecule has 0 saturated carbocycles. The van der Waals surface area contributed by atoms with Gasteiger partial charge in [0.1, 0.15) is 10.8 Å². The third kappa shape index (κ3) is 4.73. The molecule has 0 atom stereocenters. The summed E-state index contributed by atoms with van der Waals surface area (Å²) in [5.41, 5.74) is 4.69. The number of nitrogens with zero attached hydrogens (tertiary/aromatic N) is 3. The molecule has 0 spiro atoms. The molecule has 0 N–H and O–H groups in total. The van der Waals surface area contributed by atoms with Gasteiger partial charge in [-0.25, -0.2) is 13.4 Å². The van der Waals surface area contributed by atoms with Gasteiger partial charge in [-0.05, 0) is 44.0 Å². The van der Waals surface area contributed by atoms with E-state index in [0.717, 1.165) is 45.2 Å². The first-order valence-electron chi connectivity index (χ1n) is 10.7. The average molecular weight is 472 g/mol. The van der Waals surface area contributed by atoms with Crippen molar-refractivity contribution >= 4 is 21.4 Å². The number of piperazine rings is 1. The van der Waals surface area contributed by atoms with E-state index in [4.69, 9.17) is 9.72 Å². The first-order chi connectivity index (χ1) is 15.3. The molecular weight excluding hydrogens is 442 g/mol. The predicted octanol–water partition coefficient (Wildman–Crippen LogP) is 4.25. The summed E-state index contributed by atoms with van der Waals surface area (Å²) in [4.78, 5) is 7.52. The van der Waals surface area contributed by atoms with Crippen molar-refractivity contribution in [3.8, 4) is 17.0 Å². The maximum Gasteiger partial charge on any atom is 0.243 e. The summed E-state index contributed by atoms with van der Waals surface area (Å²) in [7, 11) is -1.83. The fraction of sp³-hybridized carbons (Fsp3) is 0.375. The van der Waals surface area contributed by atoms with E-state index in [2.05, 4.69) is 10.3 Å². The average Bonchev–Trinajstić information content (AvgIpc) is 3.22. The highest BCUT2D eigenvalue weighted by Crippen LogP contribution is 2.28. The fourth-order valence-corrected chi connectivity index (χ4v) is 7.00. The molecular formula is C24H29N3O3S2. The van der Waals surface area contributed by atoms with Crippen molar-refractivity contribution < 1.29 is 13.2 Å². The highest BCUT2D eigenvalue weighted by atomic mass is 32.2. The topological polar surface area (TPSA) is 62.7 Å². The minimum Gasteiger partial charge on any atom is -0.497 e. The summed E-state index contributed by atoms with van der Waals surface area (Å²) in [6.45, 7) is 8.84. The number of aromatic nitrogens is 1. The highest BCUT2D eigenvalue weighted by molar-refractivity contribution is 7.89. The van der Waals surface area contributed by atoms with Crippen LogP contribution in [0.3, 0.4) is 0 Å². The molecule has 3 aromatic rings. The van der Waals surface area contributed by atoms with Crippen LogP contribution < -0.4 is 4.74 Å². The molecule has 170 valence electrons. The maximum atomic E-state index is 13.3. The number of sulfonamides is 1. The van der Waals surface area contributed by atoms with Gasteiger partial charge in [0.25, 0.3) is 0 Å². The maximum absolute atomic E-state index is 13.3. The Morgan fingerprint density at radius 2 is 1.72 bits per heavy atom. The Balaban J connectivity index is 1.41. The molecule has 1 aromatic heterocycles. The Labute approximate surface area is 194 Å². The highest BCUT2D eigenvalue weighted by Gasteiger charge is 2.31. The van der Waals surface area contributed by atoms with Crippen LogP contribution in [0.4, 0.5) is 0 Å². The van der Waals surface area contributed by atoms with E-state index in [1.54, 1.807) is 22.8 Å². The monoisotopic (exact) mass is 471 g/mol. The number of ether oxygens (including phenoxy) is 1. The van der Waals surface area contributed by atoms with Crippen LogP contribution in [0, 0.1) is 20.8 Å². The van der Waals surface area contributed by atoms with Gasteiger partial charge in [0, 0.05) is 37.1 Å². The van der Waals surface area contributed by atoms with Gasteiger partial charge in [-0.1, -0.05) is 29.8 Å². The van der Waals surface area contributed by atoms with E-state index in [-0.39, 0.29) is 0 Å². The van der Waals surface area contributed by atoms with Gasteiger partial charge in [0.15, 0.2) is 0 Å². The first-order valence-corrected chi connectivity index (χ1v) is 13.0. The van der Waals surface area contributed by atoms with Crippen LogP contribution in [0.25, 0.3) is 11.3 Å². The van der Waals surface area contributed by atoms with Crippen molar-refractivity contribution in [3.63, 3.8) is 0 Å². The van der Waals surface area contributed by atoms with E-state index >= 15 is 0 Å². The predicted molar refractivity (Wildman–Crippen MR) is 129 cm³/mol. The van der Waals surface area contributed by atoms with Crippen LogP contribution in [0.15, 0.2) is 46.7 Å². The molecule has 8 heteroatoms. The second-order valence-electron chi connectivity index (χ2n) is 8.27. The third-order valence-electron chi connectivity index (χ3n) is 5.81. The Kier molecular flexibility index (Phi) is 6.67. The molecule has 1 aliphatic heterocycles. The van der Waals surface area contributed by atoms with E-state index in [0.29, 0.717) is 31.1 Å². The molecule has 0 amide bonds. The van der Waals surface area contributed by atoms with Crippen molar-refractivity contribution in [3.05, 3.63) is 63.5 Å². The molecule has 1 fully saturated rings. The fourth-order valence-electron chi connectivity index (χ4n) is 4.32. The van der Waals surface area contributed by atoms with Crippen LogP contribution in [0.5, 0.6) is 5.75 Å². The van der Waals surface area contributed by atoms with Gasteiger partial charge < -0.3 is 4.74 Å². The zero-order valence-electron chi connectivity index (χ0n) is 19.0. The SMILES string of the molecule is COc1cccc(-c2csc(CN3CCN(S(=O)(=O)c4c(C)cc(C)cc4C)CC3)n2)c1. The largest absolute Gasteiger partial charge is 0.497 e. The van der Waals surface area contributed by atoms with Crippen LogP contribution in [0.1, 0.15) is 21.7 Å². The number of methoxy groups -OCH3 is 1. The number of hydrogen-bond acceptors (Lipinski definition) is 6. The molecule has 0 bridgehead atoms. The molecule has 0 unspecified atom stereocenters. The van der Waals surface area contributed by atoms with Gasteiger partial charge in [-0.3, -0.25) is 4.90 Å². The van der Waals surface area contributed by atoms with Crippen LogP contribution in [-0.2, 0) is 16.6 Å². The second kappa shape index (κ2) is 9.31. The van der Waals surface area contributed by atoms with Crippen LogP contribution in [0.2, 0.25) is 0 Å². The van der Waals surface area contributed by atoms with E-state index in [1.807, 2.05) is 57.2 Å². The summed E-state index contributed by atoms with van der Waals surface area (Å²) >= 11 is 1.63. The van der Waals surface area contributed by atoms with E-state index in [9.17, 15) is 8.42 Å².